The summed E-state index contributed by atoms with van der Waals surface area (Å²) in [6.07, 6.45) is 1.33. The molecule has 1 heterocycles. The van der Waals surface area contributed by atoms with Crippen molar-refractivity contribution in [2.24, 2.45) is 0 Å². The normalized spacial score (nSPS) is 10.4. The van der Waals surface area contributed by atoms with Crippen LogP contribution in [-0.2, 0) is 9.47 Å². The number of rotatable bonds is 5. The van der Waals surface area contributed by atoms with Crippen LogP contribution >= 0.6 is 0 Å². The monoisotopic (exact) mass is 183 g/mol. The molecule has 0 aliphatic rings. The van der Waals surface area contributed by atoms with E-state index in [1.54, 1.807) is 26.5 Å². The van der Waals surface area contributed by atoms with Crippen molar-refractivity contribution in [3.8, 4) is 5.88 Å². The first-order valence-electron chi connectivity index (χ1n) is 3.96. The molecule has 0 atom stereocenters. The molecule has 1 rings (SSSR count). The molecule has 4 nitrogen and oxygen atoms in total. The Balaban J connectivity index is 2.34. The number of aromatic nitrogens is 1. The first-order valence-corrected chi connectivity index (χ1v) is 3.96. The van der Waals surface area contributed by atoms with Gasteiger partial charge < -0.3 is 14.2 Å². The smallest absolute Gasteiger partial charge is 0.213 e. The molecule has 0 aromatic carbocycles. The number of hydrogen-bond acceptors (Lipinski definition) is 4. The van der Waals surface area contributed by atoms with E-state index in [2.05, 4.69) is 4.98 Å². The van der Waals surface area contributed by atoms with Crippen LogP contribution in [0, 0.1) is 0 Å². The van der Waals surface area contributed by atoms with Crippen LogP contribution < -0.4 is 4.74 Å². The van der Waals surface area contributed by atoms with Gasteiger partial charge in [0, 0.05) is 26.5 Å². The highest BCUT2D eigenvalue weighted by Gasteiger charge is 2.05. The first kappa shape index (κ1) is 9.95. The summed E-state index contributed by atoms with van der Waals surface area (Å²) >= 11 is 0. The van der Waals surface area contributed by atoms with Crippen LogP contribution in [0.1, 0.15) is 0 Å². The van der Waals surface area contributed by atoms with E-state index in [1.165, 1.54) is 0 Å². The highest BCUT2D eigenvalue weighted by molar-refractivity contribution is 5.08. The molecule has 13 heavy (non-hydrogen) atoms. The van der Waals surface area contributed by atoms with Crippen LogP contribution in [0.5, 0.6) is 5.88 Å². The van der Waals surface area contributed by atoms with Crippen LogP contribution in [0.15, 0.2) is 24.4 Å². The zero-order chi connectivity index (χ0) is 9.52. The molecule has 0 N–H and O–H groups in total. The third-order valence-corrected chi connectivity index (χ3v) is 1.53. The Labute approximate surface area is 77.5 Å². The van der Waals surface area contributed by atoms with E-state index in [1.807, 2.05) is 12.1 Å². The standard InChI is InChI=1S/C9H13NO3/c1-11-9(12-2)7-13-8-5-3-4-6-10-8/h3-6,9H,7H2,1-2H3. The molecule has 0 aliphatic carbocycles. The van der Waals surface area contributed by atoms with E-state index < -0.39 is 0 Å². The molecule has 0 aliphatic heterocycles. The molecule has 0 saturated heterocycles. The Bertz CT molecular complexity index is 224. The van der Waals surface area contributed by atoms with E-state index in [4.69, 9.17) is 14.2 Å². The van der Waals surface area contributed by atoms with Crippen LogP contribution in [0.3, 0.4) is 0 Å². The summed E-state index contributed by atoms with van der Waals surface area (Å²) in [5.74, 6) is 0.571. The Morgan fingerprint density at radius 3 is 2.62 bits per heavy atom. The zero-order valence-corrected chi connectivity index (χ0v) is 7.77. The fourth-order valence-corrected chi connectivity index (χ4v) is 0.818. The highest BCUT2D eigenvalue weighted by atomic mass is 16.7. The summed E-state index contributed by atoms with van der Waals surface area (Å²) in [7, 11) is 3.13. The van der Waals surface area contributed by atoms with Gasteiger partial charge in [-0.1, -0.05) is 6.07 Å². The van der Waals surface area contributed by atoms with Gasteiger partial charge in [0.25, 0.3) is 0 Å². The lowest BCUT2D eigenvalue weighted by Crippen LogP contribution is -2.22. The minimum atomic E-state index is -0.345. The molecule has 0 unspecified atom stereocenters. The lowest BCUT2D eigenvalue weighted by atomic mass is 10.5. The molecule has 1 aromatic rings. The van der Waals surface area contributed by atoms with Crippen LogP contribution in [-0.4, -0.2) is 32.1 Å². The molecule has 0 bridgehead atoms. The average Bonchev–Trinajstić information content (AvgIpc) is 2.21. The summed E-state index contributed by atoms with van der Waals surface area (Å²) in [6, 6.07) is 5.47. The van der Waals surface area contributed by atoms with Crippen molar-refractivity contribution >= 4 is 0 Å². The van der Waals surface area contributed by atoms with Crippen LogP contribution in [0.4, 0.5) is 0 Å². The zero-order valence-electron chi connectivity index (χ0n) is 7.77. The van der Waals surface area contributed by atoms with E-state index in [0.717, 1.165) is 0 Å². The van der Waals surface area contributed by atoms with E-state index >= 15 is 0 Å². The second-order valence-electron chi connectivity index (χ2n) is 2.38. The molecule has 0 amide bonds. The summed E-state index contributed by atoms with van der Waals surface area (Å²) in [6.45, 7) is 0.337. The lowest BCUT2D eigenvalue weighted by Gasteiger charge is -2.13. The summed E-state index contributed by atoms with van der Waals surface area (Å²) < 4.78 is 15.2. The van der Waals surface area contributed by atoms with Crippen LogP contribution in [0.2, 0.25) is 0 Å². The number of methoxy groups -OCH3 is 2. The predicted molar refractivity (Wildman–Crippen MR) is 47.5 cm³/mol. The molecule has 0 fully saturated rings. The Kier molecular flexibility index (Phi) is 4.21. The lowest BCUT2D eigenvalue weighted by molar-refractivity contribution is -0.122. The van der Waals surface area contributed by atoms with Gasteiger partial charge in [0.05, 0.1) is 0 Å². The highest BCUT2D eigenvalue weighted by Crippen LogP contribution is 2.04. The quantitative estimate of drug-likeness (QED) is 0.640. The number of nitrogens with zero attached hydrogens (tertiary/aromatic N) is 1. The molecule has 0 saturated carbocycles. The molecule has 1 aromatic heterocycles. The van der Waals surface area contributed by atoms with E-state index in [-0.39, 0.29) is 6.29 Å². The molecule has 4 heteroatoms. The fourth-order valence-electron chi connectivity index (χ4n) is 0.818. The average molecular weight is 183 g/mol. The van der Waals surface area contributed by atoms with Gasteiger partial charge in [-0.3, -0.25) is 0 Å². The maximum atomic E-state index is 5.29. The van der Waals surface area contributed by atoms with Crippen molar-refractivity contribution in [3.63, 3.8) is 0 Å². The van der Waals surface area contributed by atoms with Gasteiger partial charge in [0.15, 0.2) is 6.29 Å². The molecule has 0 radical (unpaired) electrons. The molecule has 0 spiro atoms. The maximum absolute atomic E-state index is 5.29. The summed E-state index contributed by atoms with van der Waals surface area (Å²) in [4.78, 5) is 3.99. The van der Waals surface area contributed by atoms with Crippen molar-refractivity contribution < 1.29 is 14.2 Å². The maximum Gasteiger partial charge on any atom is 0.213 e. The van der Waals surface area contributed by atoms with Gasteiger partial charge in [0.2, 0.25) is 5.88 Å². The van der Waals surface area contributed by atoms with E-state index in [9.17, 15) is 0 Å². The van der Waals surface area contributed by atoms with Gasteiger partial charge in [-0.05, 0) is 6.07 Å². The number of pyridine rings is 1. The minimum absolute atomic E-state index is 0.337. The minimum Gasteiger partial charge on any atom is -0.472 e. The summed E-state index contributed by atoms with van der Waals surface area (Å²) in [5, 5.41) is 0. The third kappa shape index (κ3) is 3.40. The van der Waals surface area contributed by atoms with Gasteiger partial charge in [-0.25, -0.2) is 4.98 Å². The van der Waals surface area contributed by atoms with E-state index in [0.29, 0.717) is 12.5 Å². The predicted octanol–water partition coefficient (Wildman–Crippen LogP) is 1.08. The number of ether oxygens (including phenoxy) is 3. The van der Waals surface area contributed by atoms with Crippen LogP contribution in [0.25, 0.3) is 0 Å². The molecular weight excluding hydrogens is 170 g/mol. The molecular formula is C9H13NO3. The summed E-state index contributed by atoms with van der Waals surface area (Å²) in [5.41, 5.74) is 0. The molecule has 72 valence electrons. The third-order valence-electron chi connectivity index (χ3n) is 1.53. The second-order valence-corrected chi connectivity index (χ2v) is 2.38. The topological polar surface area (TPSA) is 40.6 Å². The fraction of sp³-hybridized carbons (Fsp3) is 0.444. The Morgan fingerprint density at radius 2 is 2.08 bits per heavy atom. The van der Waals surface area contributed by atoms with Gasteiger partial charge in [0.1, 0.15) is 6.61 Å². The van der Waals surface area contributed by atoms with Crippen molar-refractivity contribution in [3.05, 3.63) is 24.4 Å². The van der Waals surface area contributed by atoms with Gasteiger partial charge >= 0.3 is 0 Å². The number of hydrogen-bond donors (Lipinski definition) is 0. The van der Waals surface area contributed by atoms with Crippen molar-refractivity contribution in [2.75, 3.05) is 20.8 Å². The Hall–Kier alpha value is -1.13. The SMILES string of the molecule is COC(COc1ccccn1)OC. The van der Waals surface area contributed by atoms with Gasteiger partial charge in [-0.2, -0.15) is 0 Å². The van der Waals surface area contributed by atoms with Crippen molar-refractivity contribution in [1.82, 2.24) is 4.98 Å². The first-order chi connectivity index (χ1) is 6.36. The Morgan fingerprint density at radius 1 is 1.31 bits per heavy atom. The largest absolute Gasteiger partial charge is 0.472 e. The van der Waals surface area contributed by atoms with Gasteiger partial charge in [-0.15, -0.1) is 0 Å². The van der Waals surface area contributed by atoms with Crippen molar-refractivity contribution in [2.45, 2.75) is 6.29 Å². The van der Waals surface area contributed by atoms with Crippen molar-refractivity contribution in [1.29, 1.82) is 0 Å². The second kappa shape index (κ2) is 5.50.